The minimum absolute atomic E-state index is 0.202. The molecule has 2 aliphatic heterocycles. The summed E-state index contributed by atoms with van der Waals surface area (Å²) in [6, 6.07) is 2.08. The van der Waals surface area contributed by atoms with Crippen LogP contribution in [0.1, 0.15) is 23.0 Å². The molecule has 23 heavy (non-hydrogen) atoms. The molecular weight excluding hydrogens is 311 g/mol. The molecule has 0 bridgehead atoms. The van der Waals surface area contributed by atoms with Gasteiger partial charge in [-0.25, -0.2) is 0 Å². The highest BCUT2D eigenvalue weighted by Crippen LogP contribution is 2.34. The Labute approximate surface area is 132 Å². The van der Waals surface area contributed by atoms with E-state index in [4.69, 9.17) is 4.74 Å². The van der Waals surface area contributed by atoms with E-state index < -0.39 is 23.3 Å². The fourth-order valence-electron chi connectivity index (χ4n) is 3.18. The molecule has 0 spiro atoms. The van der Waals surface area contributed by atoms with Crippen LogP contribution in [0.15, 0.2) is 18.3 Å². The Bertz CT molecular complexity index is 594. The van der Waals surface area contributed by atoms with Crippen LogP contribution < -0.4 is 0 Å². The number of aromatic nitrogens is 1. The van der Waals surface area contributed by atoms with Crippen molar-refractivity contribution in [2.45, 2.75) is 18.6 Å². The van der Waals surface area contributed by atoms with E-state index in [0.29, 0.717) is 26.3 Å². The maximum atomic E-state index is 13.0. The van der Waals surface area contributed by atoms with E-state index in [9.17, 15) is 18.0 Å². The van der Waals surface area contributed by atoms with Crippen LogP contribution in [0.5, 0.6) is 0 Å². The second-order valence-corrected chi connectivity index (χ2v) is 6.15. The van der Waals surface area contributed by atoms with Crippen molar-refractivity contribution in [1.29, 1.82) is 0 Å². The first-order valence-electron chi connectivity index (χ1n) is 7.45. The molecule has 0 aromatic carbocycles. The lowest BCUT2D eigenvalue weighted by Gasteiger charge is -2.54. The molecule has 3 rings (SSSR count). The van der Waals surface area contributed by atoms with Gasteiger partial charge in [0, 0.05) is 32.4 Å². The average molecular weight is 329 g/mol. The maximum absolute atomic E-state index is 13.0. The number of ether oxygens (including phenoxy) is 1. The second kappa shape index (κ2) is 5.76. The predicted octanol–water partition coefficient (Wildman–Crippen LogP) is 1.65. The zero-order chi connectivity index (χ0) is 16.7. The van der Waals surface area contributed by atoms with E-state index in [1.165, 1.54) is 17.2 Å². The first kappa shape index (κ1) is 16.2. The Hall–Kier alpha value is -1.67. The third-order valence-corrected chi connectivity index (χ3v) is 4.44. The van der Waals surface area contributed by atoms with E-state index in [-0.39, 0.29) is 5.54 Å². The topological polar surface area (TPSA) is 45.7 Å². The summed E-state index contributed by atoms with van der Waals surface area (Å²) in [4.78, 5) is 19.7. The van der Waals surface area contributed by atoms with Crippen LogP contribution in [0.2, 0.25) is 0 Å². The van der Waals surface area contributed by atoms with E-state index in [1.54, 1.807) is 0 Å². The molecule has 1 amide bonds. The number of alkyl halides is 3. The summed E-state index contributed by atoms with van der Waals surface area (Å²) in [7, 11) is 0. The van der Waals surface area contributed by atoms with Crippen LogP contribution >= 0.6 is 0 Å². The molecule has 1 aromatic rings. The number of amides is 1. The number of morpholine rings is 1. The number of nitrogens with zero attached hydrogens (tertiary/aromatic N) is 3. The Balaban J connectivity index is 1.72. The van der Waals surface area contributed by atoms with Crippen LogP contribution in [0, 0.1) is 0 Å². The van der Waals surface area contributed by atoms with Crippen molar-refractivity contribution in [2.24, 2.45) is 0 Å². The number of rotatable bonds is 2. The molecule has 0 N–H and O–H groups in total. The molecule has 1 aromatic heterocycles. The molecule has 8 heteroatoms. The first-order valence-corrected chi connectivity index (χ1v) is 7.45. The summed E-state index contributed by atoms with van der Waals surface area (Å²) >= 11 is 0. The number of hydrogen-bond donors (Lipinski definition) is 0. The molecule has 0 radical (unpaired) electrons. The molecule has 0 saturated carbocycles. The molecule has 0 aliphatic carbocycles. The Morgan fingerprint density at radius 1 is 1.30 bits per heavy atom. The van der Waals surface area contributed by atoms with Crippen molar-refractivity contribution in [1.82, 2.24) is 14.8 Å². The summed E-state index contributed by atoms with van der Waals surface area (Å²) in [5, 5.41) is 0. The Morgan fingerprint density at radius 3 is 2.57 bits per heavy atom. The van der Waals surface area contributed by atoms with Gasteiger partial charge in [0.2, 0.25) is 0 Å². The third-order valence-electron chi connectivity index (χ3n) is 4.44. The molecule has 0 unspecified atom stereocenters. The highest BCUT2D eigenvalue weighted by Gasteiger charge is 2.47. The number of likely N-dealkylation sites (tertiary alicyclic amines) is 1. The lowest BCUT2D eigenvalue weighted by atomic mass is 9.89. The molecule has 2 fully saturated rings. The fraction of sp³-hybridized carbons (Fsp3) is 0.600. The molecule has 3 heterocycles. The van der Waals surface area contributed by atoms with E-state index in [1.807, 2.05) is 6.92 Å². The van der Waals surface area contributed by atoms with Crippen LogP contribution in [-0.4, -0.2) is 65.6 Å². The number of halogens is 3. The van der Waals surface area contributed by atoms with Crippen molar-refractivity contribution >= 4 is 5.91 Å². The highest BCUT2D eigenvalue weighted by atomic mass is 19.4. The summed E-state index contributed by atoms with van der Waals surface area (Å²) in [6.45, 7) is 5.65. The van der Waals surface area contributed by atoms with E-state index in [2.05, 4.69) is 9.88 Å². The molecule has 2 aliphatic rings. The van der Waals surface area contributed by atoms with Gasteiger partial charge in [0.1, 0.15) is 5.69 Å². The van der Waals surface area contributed by atoms with E-state index >= 15 is 0 Å². The Morgan fingerprint density at radius 2 is 1.96 bits per heavy atom. The van der Waals surface area contributed by atoms with Crippen molar-refractivity contribution in [3.8, 4) is 0 Å². The summed E-state index contributed by atoms with van der Waals surface area (Å²) in [6.07, 6.45) is -3.37. The zero-order valence-corrected chi connectivity index (χ0v) is 12.8. The van der Waals surface area contributed by atoms with Gasteiger partial charge in [-0.15, -0.1) is 0 Å². The number of hydrogen-bond acceptors (Lipinski definition) is 4. The standard InChI is InChI=1S/C15H18F3N3O2/c1-14(21-5-7-23-8-6-21)9-20(10-14)13(22)12-11(15(16,17)18)3-2-4-19-12/h2-4H,5-10H2,1H3. The van der Waals surface area contributed by atoms with Gasteiger partial charge in [-0.05, 0) is 19.1 Å². The Kier molecular flexibility index (Phi) is 4.05. The minimum Gasteiger partial charge on any atom is -0.379 e. The SMILES string of the molecule is CC1(N2CCOCC2)CN(C(=O)c2ncccc2C(F)(F)F)C1. The number of carbonyl (C=O) groups is 1. The largest absolute Gasteiger partial charge is 0.418 e. The van der Waals surface area contributed by atoms with Crippen LogP contribution in [0.25, 0.3) is 0 Å². The second-order valence-electron chi connectivity index (χ2n) is 6.15. The fourth-order valence-corrected chi connectivity index (χ4v) is 3.18. The molecule has 5 nitrogen and oxygen atoms in total. The van der Waals surface area contributed by atoms with Crippen molar-refractivity contribution in [3.63, 3.8) is 0 Å². The van der Waals surface area contributed by atoms with Gasteiger partial charge < -0.3 is 9.64 Å². The highest BCUT2D eigenvalue weighted by molar-refractivity contribution is 5.94. The summed E-state index contributed by atoms with van der Waals surface area (Å²) in [5.74, 6) is -0.663. The quantitative estimate of drug-likeness (QED) is 0.828. The van der Waals surface area contributed by atoms with Gasteiger partial charge in [0.05, 0.1) is 24.3 Å². The summed E-state index contributed by atoms with van der Waals surface area (Å²) < 4.78 is 44.3. The van der Waals surface area contributed by atoms with Crippen molar-refractivity contribution in [3.05, 3.63) is 29.6 Å². The van der Waals surface area contributed by atoms with Gasteiger partial charge in [-0.2, -0.15) is 13.2 Å². The van der Waals surface area contributed by atoms with Crippen LogP contribution in [0.3, 0.4) is 0 Å². The first-order chi connectivity index (χ1) is 10.8. The van der Waals surface area contributed by atoms with Gasteiger partial charge in [0.15, 0.2) is 0 Å². The van der Waals surface area contributed by atoms with Gasteiger partial charge in [-0.3, -0.25) is 14.7 Å². The lowest BCUT2D eigenvalue weighted by Crippen LogP contribution is -2.71. The number of pyridine rings is 1. The third kappa shape index (κ3) is 3.05. The van der Waals surface area contributed by atoms with Crippen LogP contribution in [-0.2, 0) is 10.9 Å². The lowest BCUT2D eigenvalue weighted by molar-refractivity contribution is -0.138. The maximum Gasteiger partial charge on any atom is 0.418 e. The molecule has 2 saturated heterocycles. The minimum atomic E-state index is -4.59. The van der Waals surface area contributed by atoms with Gasteiger partial charge in [0.25, 0.3) is 5.91 Å². The monoisotopic (exact) mass is 329 g/mol. The van der Waals surface area contributed by atoms with E-state index in [0.717, 1.165) is 19.2 Å². The van der Waals surface area contributed by atoms with Crippen LogP contribution in [0.4, 0.5) is 13.2 Å². The van der Waals surface area contributed by atoms with Crippen molar-refractivity contribution < 1.29 is 22.7 Å². The number of carbonyl (C=O) groups excluding carboxylic acids is 1. The predicted molar refractivity (Wildman–Crippen MR) is 75.9 cm³/mol. The smallest absolute Gasteiger partial charge is 0.379 e. The molecular formula is C15H18F3N3O2. The van der Waals surface area contributed by atoms with Gasteiger partial charge >= 0.3 is 6.18 Å². The summed E-state index contributed by atoms with van der Waals surface area (Å²) in [5.41, 5.74) is -1.71. The molecule has 126 valence electrons. The normalized spacial score (nSPS) is 21.8. The van der Waals surface area contributed by atoms with Crippen molar-refractivity contribution in [2.75, 3.05) is 39.4 Å². The molecule has 0 atom stereocenters. The zero-order valence-electron chi connectivity index (χ0n) is 12.8. The average Bonchev–Trinajstić information content (AvgIpc) is 2.51. The van der Waals surface area contributed by atoms with Gasteiger partial charge in [-0.1, -0.05) is 0 Å².